The lowest BCUT2D eigenvalue weighted by atomic mass is 9.95. The van der Waals surface area contributed by atoms with Gasteiger partial charge in [0, 0.05) is 35.5 Å². The zero-order valence-corrected chi connectivity index (χ0v) is 19.8. The van der Waals surface area contributed by atoms with E-state index in [1.54, 1.807) is 17.1 Å². The molecule has 7 heteroatoms. The van der Waals surface area contributed by atoms with Gasteiger partial charge in [0.25, 0.3) is 5.91 Å². The number of amides is 3. The number of carbonyl (C=O) groups is 3. The molecular weight excluding hydrogens is 446 g/mol. The molecule has 34 heavy (non-hydrogen) atoms. The van der Waals surface area contributed by atoms with Crippen molar-refractivity contribution in [2.75, 3.05) is 18.4 Å². The Morgan fingerprint density at radius 3 is 2.24 bits per heavy atom. The molecule has 0 atom stereocenters. The Hall–Kier alpha value is -3.71. The maximum Gasteiger partial charge on any atom is 0.252 e. The van der Waals surface area contributed by atoms with Crippen molar-refractivity contribution in [2.24, 2.45) is 11.7 Å². The lowest BCUT2D eigenvalue weighted by Gasteiger charge is -2.30. The first-order valence-corrected chi connectivity index (χ1v) is 12.1. The number of aryl methyl sites for hydroxylation is 1. The molecule has 4 rings (SSSR count). The van der Waals surface area contributed by atoms with E-state index in [0.29, 0.717) is 36.5 Å². The zero-order valence-electron chi connectivity index (χ0n) is 19.0. The number of benzene rings is 2. The van der Waals surface area contributed by atoms with Gasteiger partial charge in [-0.05, 0) is 37.0 Å². The molecule has 0 radical (unpaired) electrons. The van der Waals surface area contributed by atoms with Gasteiger partial charge in [0.2, 0.25) is 11.8 Å². The lowest BCUT2D eigenvalue weighted by molar-refractivity contribution is -0.130. The van der Waals surface area contributed by atoms with Gasteiger partial charge in [0.05, 0.1) is 5.56 Å². The topological polar surface area (TPSA) is 92.5 Å². The van der Waals surface area contributed by atoms with Crippen LogP contribution in [0.2, 0.25) is 0 Å². The van der Waals surface area contributed by atoms with E-state index in [2.05, 4.69) is 5.32 Å². The molecule has 1 aliphatic heterocycles. The first-order chi connectivity index (χ1) is 16.4. The molecular formula is C27H27N3O3S. The average molecular weight is 474 g/mol. The summed E-state index contributed by atoms with van der Waals surface area (Å²) in [6.07, 6.45) is 4.52. The molecule has 1 fully saturated rings. The number of rotatable bonds is 6. The number of anilines is 1. The SMILES string of the molecule is Cc1sc(NC(=O)C2CCN(C(=O)/C=C/c3ccccc3)CC2)c(C(N)=O)c1-c1ccccc1. The third-order valence-corrected chi connectivity index (χ3v) is 7.05. The van der Waals surface area contributed by atoms with E-state index in [4.69, 9.17) is 5.73 Å². The molecule has 174 valence electrons. The summed E-state index contributed by atoms with van der Waals surface area (Å²) < 4.78 is 0. The highest BCUT2D eigenvalue weighted by molar-refractivity contribution is 7.17. The summed E-state index contributed by atoms with van der Waals surface area (Å²) in [7, 11) is 0. The number of thiophene rings is 1. The van der Waals surface area contributed by atoms with Gasteiger partial charge in [-0.2, -0.15) is 0 Å². The standard InChI is InChI=1S/C27H27N3O3S/c1-18-23(20-10-6-3-7-11-20)24(25(28)32)27(34-18)29-26(33)21-14-16-30(17-15-21)22(31)13-12-19-8-4-2-5-9-19/h2-13,21H,14-17H2,1H3,(H2,28,32)(H,29,33)/b13-12+. The Bertz CT molecular complexity index is 1210. The number of nitrogens with one attached hydrogen (secondary N) is 1. The number of carbonyl (C=O) groups excluding carboxylic acids is 3. The number of nitrogens with zero attached hydrogens (tertiary/aromatic N) is 1. The quantitative estimate of drug-likeness (QED) is 0.508. The molecule has 3 N–H and O–H groups in total. The first-order valence-electron chi connectivity index (χ1n) is 11.3. The van der Waals surface area contributed by atoms with E-state index in [1.807, 2.05) is 67.6 Å². The smallest absolute Gasteiger partial charge is 0.252 e. The molecule has 1 aliphatic rings. The molecule has 1 aromatic heterocycles. The van der Waals surface area contributed by atoms with Gasteiger partial charge >= 0.3 is 0 Å². The van der Waals surface area contributed by atoms with Gasteiger partial charge in [0.15, 0.2) is 0 Å². The molecule has 0 unspecified atom stereocenters. The van der Waals surface area contributed by atoms with Crippen LogP contribution in [0.25, 0.3) is 17.2 Å². The van der Waals surface area contributed by atoms with Crippen molar-refractivity contribution in [3.05, 3.63) is 82.7 Å². The fourth-order valence-corrected chi connectivity index (χ4v) is 5.32. The van der Waals surface area contributed by atoms with Crippen LogP contribution in [0.15, 0.2) is 66.7 Å². The van der Waals surface area contributed by atoms with Crippen molar-refractivity contribution in [2.45, 2.75) is 19.8 Å². The van der Waals surface area contributed by atoms with Crippen LogP contribution in [-0.2, 0) is 9.59 Å². The Balaban J connectivity index is 1.40. The summed E-state index contributed by atoms with van der Waals surface area (Å²) in [5.74, 6) is -0.995. The minimum atomic E-state index is -0.566. The van der Waals surface area contributed by atoms with Gasteiger partial charge < -0.3 is 16.0 Å². The van der Waals surface area contributed by atoms with E-state index in [-0.39, 0.29) is 17.7 Å². The highest BCUT2D eigenvalue weighted by Gasteiger charge is 2.29. The Labute approximate surface area is 203 Å². The van der Waals surface area contributed by atoms with E-state index >= 15 is 0 Å². The summed E-state index contributed by atoms with van der Waals surface area (Å²) >= 11 is 1.36. The molecule has 1 saturated heterocycles. The van der Waals surface area contributed by atoms with Crippen molar-refractivity contribution >= 4 is 40.1 Å². The van der Waals surface area contributed by atoms with Gasteiger partial charge in [0.1, 0.15) is 5.00 Å². The highest BCUT2D eigenvalue weighted by Crippen LogP contribution is 2.40. The predicted octanol–water partition coefficient (Wildman–Crippen LogP) is 4.71. The second kappa shape index (κ2) is 10.5. The molecule has 0 aliphatic carbocycles. The van der Waals surface area contributed by atoms with Crippen LogP contribution in [0.5, 0.6) is 0 Å². The summed E-state index contributed by atoms with van der Waals surface area (Å²) in [5, 5.41) is 3.43. The van der Waals surface area contributed by atoms with Crippen molar-refractivity contribution in [3.8, 4) is 11.1 Å². The van der Waals surface area contributed by atoms with Gasteiger partial charge in [-0.3, -0.25) is 14.4 Å². The first kappa shape index (κ1) is 23.4. The average Bonchev–Trinajstić information content (AvgIpc) is 3.19. The van der Waals surface area contributed by atoms with Gasteiger partial charge in [-0.1, -0.05) is 60.7 Å². The van der Waals surface area contributed by atoms with E-state index in [0.717, 1.165) is 21.6 Å². The van der Waals surface area contributed by atoms with Crippen LogP contribution in [0.1, 0.15) is 33.6 Å². The zero-order chi connectivity index (χ0) is 24.1. The maximum absolute atomic E-state index is 13.0. The summed E-state index contributed by atoms with van der Waals surface area (Å²) in [5.41, 5.74) is 8.68. The van der Waals surface area contributed by atoms with Gasteiger partial charge in [-0.25, -0.2) is 0 Å². The molecule has 3 amide bonds. The highest BCUT2D eigenvalue weighted by atomic mass is 32.1. The van der Waals surface area contributed by atoms with Gasteiger partial charge in [-0.15, -0.1) is 11.3 Å². The number of primary amides is 1. The molecule has 0 saturated carbocycles. The Kier molecular flexibility index (Phi) is 7.23. The van der Waals surface area contributed by atoms with Crippen LogP contribution < -0.4 is 11.1 Å². The number of hydrogen-bond donors (Lipinski definition) is 2. The fourth-order valence-electron chi connectivity index (χ4n) is 4.23. The Morgan fingerprint density at radius 2 is 1.62 bits per heavy atom. The lowest BCUT2D eigenvalue weighted by Crippen LogP contribution is -2.40. The summed E-state index contributed by atoms with van der Waals surface area (Å²) in [6.45, 7) is 2.94. The monoisotopic (exact) mass is 473 g/mol. The fraction of sp³-hybridized carbons (Fsp3) is 0.222. The summed E-state index contributed by atoms with van der Waals surface area (Å²) in [6, 6.07) is 19.2. The van der Waals surface area contributed by atoms with Crippen LogP contribution in [0.3, 0.4) is 0 Å². The van der Waals surface area contributed by atoms with Crippen molar-refractivity contribution in [3.63, 3.8) is 0 Å². The Morgan fingerprint density at radius 1 is 1.00 bits per heavy atom. The summed E-state index contributed by atoms with van der Waals surface area (Å²) in [4.78, 5) is 40.5. The molecule has 0 spiro atoms. The predicted molar refractivity (Wildman–Crippen MR) is 136 cm³/mol. The van der Waals surface area contributed by atoms with E-state index < -0.39 is 5.91 Å². The largest absolute Gasteiger partial charge is 0.365 e. The van der Waals surface area contributed by atoms with Crippen LogP contribution in [-0.4, -0.2) is 35.7 Å². The van der Waals surface area contributed by atoms with Crippen molar-refractivity contribution in [1.29, 1.82) is 0 Å². The van der Waals surface area contributed by atoms with Crippen LogP contribution in [0.4, 0.5) is 5.00 Å². The number of nitrogens with two attached hydrogens (primary N) is 1. The van der Waals surface area contributed by atoms with Crippen LogP contribution >= 0.6 is 11.3 Å². The van der Waals surface area contributed by atoms with E-state index in [9.17, 15) is 14.4 Å². The minimum Gasteiger partial charge on any atom is -0.365 e. The van der Waals surface area contributed by atoms with Crippen molar-refractivity contribution in [1.82, 2.24) is 4.90 Å². The third-order valence-electron chi connectivity index (χ3n) is 6.03. The molecule has 3 aromatic rings. The molecule has 0 bridgehead atoms. The second-order valence-corrected chi connectivity index (χ2v) is 9.53. The number of piperidine rings is 1. The van der Waals surface area contributed by atoms with Crippen LogP contribution in [0, 0.1) is 12.8 Å². The number of hydrogen-bond acceptors (Lipinski definition) is 4. The third kappa shape index (κ3) is 5.26. The van der Waals surface area contributed by atoms with Crippen molar-refractivity contribution < 1.29 is 14.4 Å². The minimum absolute atomic E-state index is 0.0555. The molecule has 6 nitrogen and oxygen atoms in total. The normalized spacial score (nSPS) is 14.3. The molecule has 2 aromatic carbocycles. The molecule has 2 heterocycles. The maximum atomic E-state index is 13.0. The number of likely N-dealkylation sites (tertiary alicyclic amines) is 1. The van der Waals surface area contributed by atoms with E-state index in [1.165, 1.54) is 11.3 Å². The second-order valence-electron chi connectivity index (χ2n) is 8.30.